The van der Waals surface area contributed by atoms with Crippen molar-refractivity contribution in [1.29, 1.82) is 0 Å². The maximum atomic E-state index is 12.4. The van der Waals surface area contributed by atoms with E-state index in [-0.39, 0.29) is 11.5 Å². The SMILES string of the molecule is CN1CCC(NC(=O)CCSCc2nc3sc4c(c3c(=O)[nH]2)CCC4)CC1. The molecule has 0 spiro atoms. The number of thiophene rings is 1. The van der Waals surface area contributed by atoms with Gasteiger partial charge in [0.2, 0.25) is 5.91 Å². The number of hydrogen-bond donors (Lipinski definition) is 2. The monoisotopic (exact) mass is 406 g/mol. The van der Waals surface area contributed by atoms with E-state index in [4.69, 9.17) is 0 Å². The van der Waals surface area contributed by atoms with Crippen LogP contribution in [0.1, 0.15) is 41.9 Å². The Morgan fingerprint density at radius 3 is 3.00 bits per heavy atom. The number of amides is 1. The van der Waals surface area contributed by atoms with Crippen LogP contribution in [-0.4, -0.2) is 52.7 Å². The van der Waals surface area contributed by atoms with Gasteiger partial charge in [0, 0.05) is 23.1 Å². The van der Waals surface area contributed by atoms with Crippen molar-refractivity contribution in [2.24, 2.45) is 0 Å². The lowest BCUT2D eigenvalue weighted by Gasteiger charge is -2.29. The van der Waals surface area contributed by atoms with Gasteiger partial charge in [0.05, 0.1) is 11.1 Å². The van der Waals surface area contributed by atoms with Crippen LogP contribution in [0.4, 0.5) is 0 Å². The van der Waals surface area contributed by atoms with Gasteiger partial charge in [0.1, 0.15) is 10.7 Å². The van der Waals surface area contributed by atoms with Crippen molar-refractivity contribution < 1.29 is 4.79 Å². The summed E-state index contributed by atoms with van der Waals surface area (Å²) < 4.78 is 0. The first-order valence-corrected chi connectivity index (χ1v) is 11.7. The fourth-order valence-electron chi connectivity index (χ4n) is 3.90. The van der Waals surface area contributed by atoms with Crippen LogP contribution in [-0.2, 0) is 23.4 Å². The molecule has 2 N–H and O–H groups in total. The van der Waals surface area contributed by atoms with E-state index in [0.717, 1.165) is 61.2 Å². The third-order valence-corrected chi connectivity index (χ3v) is 7.58. The van der Waals surface area contributed by atoms with Gasteiger partial charge >= 0.3 is 0 Å². The summed E-state index contributed by atoms with van der Waals surface area (Å²) in [5.41, 5.74) is 1.21. The van der Waals surface area contributed by atoms with Gasteiger partial charge in [-0.25, -0.2) is 4.98 Å². The van der Waals surface area contributed by atoms with E-state index in [2.05, 4.69) is 27.2 Å². The highest BCUT2D eigenvalue weighted by molar-refractivity contribution is 7.98. The zero-order chi connectivity index (χ0) is 18.8. The Balaban J connectivity index is 1.26. The van der Waals surface area contributed by atoms with Gasteiger partial charge in [-0.2, -0.15) is 11.8 Å². The number of fused-ring (bicyclic) bond motifs is 3. The molecule has 2 aromatic heterocycles. The van der Waals surface area contributed by atoms with E-state index >= 15 is 0 Å². The largest absolute Gasteiger partial charge is 0.353 e. The minimum Gasteiger partial charge on any atom is -0.353 e. The van der Waals surface area contributed by atoms with E-state index in [9.17, 15) is 9.59 Å². The molecule has 0 unspecified atom stereocenters. The zero-order valence-electron chi connectivity index (χ0n) is 15.7. The Morgan fingerprint density at radius 2 is 2.19 bits per heavy atom. The number of aromatic amines is 1. The van der Waals surface area contributed by atoms with E-state index in [1.54, 1.807) is 23.1 Å². The molecular weight excluding hydrogens is 380 g/mol. The van der Waals surface area contributed by atoms with E-state index in [1.807, 2.05) is 0 Å². The van der Waals surface area contributed by atoms with Crippen LogP contribution in [0.25, 0.3) is 10.2 Å². The van der Waals surface area contributed by atoms with Crippen molar-refractivity contribution in [2.45, 2.75) is 50.3 Å². The molecule has 1 aliphatic heterocycles. The Labute approximate surface area is 167 Å². The molecule has 2 aromatic rings. The molecule has 146 valence electrons. The number of carbonyl (C=O) groups excluding carboxylic acids is 1. The predicted octanol–water partition coefficient (Wildman–Crippen LogP) is 2.31. The van der Waals surface area contributed by atoms with Gasteiger partial charge < -0.3 is 15.2 Å². The van der Waals surface area contributed by atoms with Gasteiger partial charge in [-0.05, 0) is 57.8 Å². The lowest BCUT2D eigenvalue weighted by Crippen LogP contribution is -2.43. The number of rotatable bonds is 6. The molecule has 6 nitrogen and oxygen atoms in total. The number of carbonyl (C=O) groups is 1. The molecule has 2 aliphatic rings. The first-order valence-electron chi connectivity index (χ1n) is 9.69. The molecule has 0 atom stereocenters. The van der Waals surface area contributed by atoms with Crippen molar-refractivity contribution in [3.8, 4) is 0 Å². The van der Waals surface area contributed by atoms with Crippen molar-refractivity contribution in [3.63, 3.8) is 0 Å². The van der Waals surface area contributed by atoms with Crippen LogP contribution < -0.4 is 10.9 Å². The molecule has 8 heteroatoms. The Kier molecular flexibility index (Phi) is 5.85. The Hall–Kier alpha value is -1.38. The highest BCUT2D eigenvalue weighted by Crippen LogP contribution is 2.34. The number of aryl methyl sites for hydroxylation is 2. The minimum absolute atomic E-state index is 0.00462. The number of nitrogens with one attached hydrogen (secondary N) is 2. The molecular formula is C19H26N4O2S2. The summed E-state index contributed by atoms with van der Waals surface area (Å²) in [4.78, 5) is 36.6. The Morgan fingerprint density at radius 1 is 1.37 bits per heavy atom. The first kappa shape index (κ1) is 19.0. The summed E-state index contributed by atoms with van der Waals surface area (Å²) in [5.74, 6) is 2.22. The van der Waals surface area contributed by atoms with Gasteiger partial charge in [-0.3, -0.25) is 9.59 Å². The molecule has 27 heavy (non-hydrogen) atoms. The molecule has 1 aliphatic carbocycles. The smallest absolute Gasteiger partial charge is 0.259 e. The second-order valence-corrected chi connectivity index (χ2v) is 9.69. The average molecular weight is 407 g/mol. The van der Waals surface area contributed by atoms with Crippen LogP contribution >= 0.6 is 23.1 Å². The maximum Gasteiger partial charge on any atom is 0.259 e. The standard InChI is InChI=1S/C19H26N4O2S2/c1-23-8-5-12(6-9-23)20-16(24)7-10-26-11-15-21-18(25)17-13-3-2-4-14(13)27-19(17)22-15/h12H,2-11H2,1H3,(H,20,24)(H,21,22,25). The minimum atomic E-state index is -0.00462. The molecule has 0 bridgehead atoms. The van der Waals surface area contributed by atoms with Crippen molar-refractivity contribution >= 4 is 39.2 Å². The second-order valence-electron chi connectivity index (χ2n) is 7.50. The average Bonchev–Trinajstić information content (AvgIpc) is 3.21. The van der Waals surface area contributed by atoms with Crippen LogP contribution in [0.15, 0.2) is 4.79 Å². The zero-order valence-corrected chi connectivity index (χ0v) is 17.3. The summed E-state index contributed by atoms with van der Waals surface area (Å²) in [7, 11) is 2.12. The number of likely N-dealkylation sites (tertiary alicyclic amines) is 1. The molecule has 4 rings (SSSR count). The molecule has 3 heterocycles. The van der Waals surface area contributed by atoms with Crippen LogP contribution in [0, 0.1) is 0 Å². The summed E-state index contributed by atoms with van der Waals surface area (Å²) in [6.45, 7) is 2.10. The topological polar surface area (TPSA) is 78.1 Å². The molecule has 0 aromatic carbocycles. The normalized spacial score (nSPS) is 18.1. The fraction of sp³-hybridized carbons (Fsp3) is 0.632. The lowest BCUT2D eigenvalue weighted by molar-refractivity contribution is -0.121. The highest BCUT2D eigenvalue weighted by Gasteiger charge is 2.21. The number of H-pyrrole nitrogens is 1. The molecule has 1 saturated heterocycles. The van der Waals surface area contributed by atoms with Crippen molar-refractivity contribution in [3.05, 3.63) is 26.6 Å². The number of piperidine rings is 1. The number of nitrogens with zero attached hydrogens (tertiary/aromatic N) is 2. The van der Waals surface area contributed by atoms with Gasteiger partial charge in [0.25, 0.3) is 5.56 Å². The van der Waals surface area contributed by atoms with Crippen molar-refractivity contribution in [2.75, 3.05) is 25.9 Å². The summed E-state index contributed by atoms with van der Waals surface area (Å²) >= 11 is 3.32. The fourth-order valence-corrected chi connectivity index (χ4v) is 5.99. The third-order valence-electron chi connectivity index (χ3n) is 5.42. The molecule has 1 fully saturated rings. The quantitative estimate of drug-likeness (QED) is 0.720. The van der Waals surface area contributed by atoms with Crippen LogP contribution in [0.3, 0.4) is 0 Å². The number of hydrogen-bond acceptors (Lipinski definition) is 6. The molecule has 0 saturated carbocycles. The van der Waals surface area contributed by atoms with E-state index < -0.39 is 0 Å². The summed E-state index contributed by atoms with van der Waals surface area (Å²) in [6.07, 6.45) is 5.80. The second kappa shape index (κ2) is 8.32. The van der Waals surface area contributed by atoms with Crippen LogP contribution in [0.2, 0.25) is 0 Å². The molecule has 0 radical (unpaired) electrons. The number of thioether (sulfide) groups is 1. The van der Waals surface area contributed by atoms with Gasteiger partial charge in [-0.15, -0.1) is 11.3 Å². The van der Waals surface area contributed by atoms with Crippen LogP contribution in [0.5, 0.6) is 0 Å². The predicted molar refractivity (Wildman–Crippen MR) is 112 cm³/mol. The van der Waals surface area contributed by atoms with E-state index in [0.29, 0.717) is 24.0 Å². The molecule has 1 amide bonds. The van der Waals surface area contributed by atoms with Crippen molar-refractivity contribution in [1.82, 2.24) is 20.2 Å². The van der Waals surface area contributed by atoms with Gasteiger partial charge in [-0.1, -0.05) is 0 Å². The summed E-state index contributed by atoms with van der Waals surface area (Å²) in [5, 5.41) is 3.95. The maximum absolute atomic E-state index is 12.4. The third kappa shape index (κ3) is 4.38. The Bertz CT molecular complexity index is 884. The highest BCUT2D eigenvalue weighted by atomic mass is 32.2. The van der Waals surface area contributed by atoms with E-state index in [1.165, 1.54) is 10.4 Å². The number of aromatic nitrogens is 2. The lowest BCUT2D eigenvalue weighted by atomic mass is 10.1. The first-order chi connectivity index (χ1) is 13.1. The van der Waals surface area contributed by atoms with Gasteiger partial charge in [0.15, 0.2) is 0 Å². The summed E-state index contributed by atoms with van der Waals surface area (Å²) in [6, 6.07) is 0.319.